The molecule has 3 nitrogen and oxygen atoms in total. The average molecular weight is 246 g/mol. The first-order valence-corrected chi connectivity index (χ1v) is 6.51. The monoisotopic (exact) mass is 246 g/mol. The Hall–Kier alpha value is -1.35. The molecule has 1 atom stereocenters. The van der Waals surface area contributed by atoms with Crippen LogP contribution in [0.15, 0.2) is 18.2 Å². The van der Waals surface area contributed by atoms with Gasteiger partial charge in [-0.15, -0.1) is 0 Å². The maximum atomic E-state index is 11.9. The number of anilines is 1. The Labute approximate surface area is 109 Å². The van der Waals surface area contributed by atoms with Crippen LogP contribution in [-0.2, 0) is 10.2 Å². The molecule has 18 heavy (non-hydrogen) atoms. The van der Waals surface area contributed by atoms with Crippen LogP contribution in [0.4, 0.5) is 5.69 Å². The predicted molar refractivity (Wildman–Crippen MR) is 74.7 cm³/mol. The van der Waals surface area contributed by atoms with Crippen molar-refractivity contribution in [2.24, 2.45) is 5.92 Å². The van der Waals surface area contributed by atoms with Gasteiger partial charge in [-0.05, 0) is 44.0 Å². The summed E-state index contributed by atoms with van der Waals surface area (Å²) in [6, 6.07) is 6.60. The van der Waals surface area contributed by atoms with Crippen molar-refractivity contribution in [2.45, 2.75) is 39.2 Å². The van der Waals surface area contributed by atoms with E-state index < -0.39 is 5.41 Å². The Kier molecular flexibility index (Phi) is 3.20. The molecule has 0 saturated carbocycles. The molecule has 2 N–H and O–H groups in total. The first-order valence-electron chi connectivity index (χ1n) is 6.51. The lowest BCUT2D eigenvalue weighted by atomic mass is 9.84. The molecule has 0 spiro atoms. The SMILES string of the molecule is CNC(c1ccc2c(c1)C(C)(C)C(=O)N2)C(C)C. The summed E-state index contributed by atoms with van der Waals surface area (Å²) < 4.78 is 0. The first-order chi connectivity index (χ1) is 8.37. The summed E-state index contributed by atoms with van der Waals surface area (Å²) in [5.41, 5.74) is 2.87. The van der Waals surface area contributed by atoms with E-state index in [1.54, 1.807) is 0 Å². The van der Waals surface area contributed by atoms with Crippen LogP contribution < -0.4 is 10.6 Å². The second-order valence-corrected chi connectivity index (χ2v) is 5.89. The second-order valence-electron chi connectivity index (χ2n) is 5.89. The van der Waals surface area contributed by atoms with Crippen LogP contribution in [0.2, 0.25) is 0 Å². The van der Waals surface area contributed by atoms with Gasteiger partial charge in [0.2, 0.25) is 5.91 Å². The number of nitrogens with one attached hydrogen (secondary N) is 2. The normalized spacial score (nSPS) is 18.7. The third kappa shape index (κ3) is 1.93. The van der Waals surface area contributed by atoms with Crippen LogP contribution in [0, 0.1) is 5.92 Å². The first kappa shape index (κ1) is 13.1. The molecule has 1 unspecified atom stereocenters. The van der Waals surface area contributed by atoms with E-state index in [4.69, 9.17) is 0 Å². The van der Waals surface area contributed by atoms with Crippen LogP contribution in [0.3, 0.4) is 0 Å². The number of carbonyl (C=O) groups excluding carboxylic acids is 1. The molecule has 1 amide bonds. The largest absolute Gasteiger partial charge is 0.325 e. The highest BCUT2D eigenvalue weighted by atomic mass is 16.2. The lowest BCUT2D eigenvalue weighted by Gasteiger charge is -2.23. The zero-order valence-corrected chi connectivity index (χ0v) is 11.8. The molecule has 0 radical (unpaired) electrons. The summed E-state index contributed by atoms with van der Waals surface area (Å²) in [6.07, 6.45) is 0. The lowest BCUT2D eigenvalue weighted by Crippen LogP contribution is -2.27. The van der Waals surface area contributed by atoms with Gasteiger partial charge in [0.15, 0.2) is 0 Å². The standard InChI is InChI=1S/C15H22N2O/c1-9(2)13(16-5)10-6-7-12-11(8-10)15(3,4)14(18)17-12/h6-9,13,16H,1-5H3,(H,17,18). The summed E-state index contributed by atoms with van der Waals surface area (Å²) in [7, 11) is 1.98. The number of fused-ring (bicyclic) bond motifs is 1. The van der Waals surface area contributed by atoms with Crippen molar-refractivity contribution in [1.29, 1.82) is 0 Å². The van der Waals surface area contributed by atoms with Gasteiger partial charge in [0.05, 0.1) is 5.41 Å². The van der Waals surface area contributed by atoms with Gasteiger partial charge in [-0.1, -0.05) is 26.0 Å². The molecule has 2 rings (SSSR count). The molecular formula is C15H22N2O. The van der Waals surface area contributed by atoms with Crippen LogP contribution >= 0.6 is 0 Å². The molecule has 0 fully saturated rings. The molecule has 1 aromatic rings. The van der Waals surface area contributed by atoms with E-state index in [9.17, 15) is 4.79 Å². The van der Waals surface area contributed by atoms with Crippen molar-refractivity contribution >= 4 is 11.6 Å². The quantitative estimate of drug-likeness (QED) is 0.861. The van der Waals surface area contributed by atoms with Crippen molar-refractivity contribution < 1.29 is 4.79 Å². The van der Waals surface area contributed by atoms with Crippen LogP contribution in [-0.4, -0.2) is 13.0 Å². The Morgan fingerprint density at radius 2 is 1.94 bits per heavy atom. The molecule has 0 bridgehead atoms. The van der Waals surface area contributed by atoms with E-state index in [2.05, 4.69) is 36.6 Å². The van der Waals surface area contributed by atoms with Crippen LogP contribution in [0.25, 0.3) is 0 Å². The highest BCUT2D eigenvalue weighted by Gasteiger charge is 2.38. The van der Waals surface area contributed by atoms with Crippen molar-refractivity contribution in [3.05, 3.63) is 29.3 Å². The molecule has 0 aliphatic carbocycles. The Morgan fingerprint density at radius 1 is 1.28 bits per heavy atom. The van der Waals surface area contributed by atoms with Gasteiger partial charge in [-0.3, -0.25) is 4.79 Å². The second kappa shape index (κ2) is 4.39. The maximum absolute atomic E-state index is 11.9. The minimum absolute atomic E-state index is 0.0835. The zero-order valence-electron chi connectivity index (χ0n) is 11.8. The molecule has 1 heterocycles. The van der Waals surface area contributed by atoms with E-state index in [1.165, 1.54) is 5.56 Å². The summed E-state index contributed by atoms with van der Waals surface area (Å²) in [5.74, 6) is 0.599. The van der Waals surface area contributed by atoms with Crippen LogP contribution in [0.1, 0.15) is 44.9 Å². The third-order valence-corrected chi connectivity index (χ3v) is 3.87. The molecule has 3 heteroatoms. The van der Waals surface area contributed by atoms with Gasteiger partial charge in [-0.2, -0.15) is 0 Å². The average Bonchev–Trinajstić information content (AvgIpc) is 2.51. The van der Waals surface area contributed by atoms with E-state index in [0.717, 1.165) is 11.3 Å². The Bertz CT molecular complexity index is 477. The molecule has 0 aromatic heterocycles. The van der Waals surface area contributed by atoms with Gasteiger partial charge in [0.25, 0.3) is 0 Å². The number of hydrogen-bond donors (Lipinski definition) is 2. The number of hydrogen-bond acceptors (Lipinski definition) is 2. The van der Waals surface area contributed by atoms with Crippen molar-refractivity contribution in [2.75, 3.05) is 12.4 Å². The molecule has 1 aliphatic heterocycles. The fraction of sp³-hybridized carbons (Fsp3) is 0.533. The fourth-order valence-corrected chi connectivity index (χ4v) is 2.67. The predicted octanol–water partition coefficient (Wildman–Crippen LogP) is 2.83. The van der Waals surface area contributed by atoms with Gasteiger partial charge in [-0.25, -0.2) is 0 Å². The number of amides is 1. The van der Waals surface area contributed by atoms with E-state index in [-0.39, 0.29) is 5.91 Å². The summed E-state index contributed by atoms with van der Waals surface area (Å²) in [6.45, 7) is 8.34. The minimum Gasteiger partial charge on any atom is -0.325 e. The maximum Gasteiger partial charge on any atom is 0.234 e. The Balaban J connectivity index is 2.45. The molecule has 1 aromatic carbocycles. The molecule has 98 valence electrons. The van der Waals surface area contributed by atoms with E-state index >= 15 is 0 Å². The van der Waals surface area contributed by atoms with Gasteiger partial charge in [0.1, 0.15) is 0 Å². The summed E-state index contributed by atoms with van der Waals surface area (Å²) in [4.78, 5) is 11.9. The van der Waals surface area contributed by atoms with E-state index in [1.807, 2.05) is 27.0 Å². The third-order valence-electron chi connectivity index (χ3n) is 3.87. The summed E-state index contributed by atoms with van der Waals surface area (Å²) >= 11 is 0. The highest BCUT2D eigenvalue weighted by molar-refractivity contribution is 6.05. The van der Waals surface area contributed by atoms with Gasteiger partial charge in [0, 0.05) is 11.7 Å². The number of rotatable bonds is 3. The molecular weight excluding hydrogens is 224 g/mol. The van der Waals surface area contributed by atoms with Gasteiger partial charge < -0.3 is 10.6 Å². The fourth-order valence-electron chi connectivity index (χ4n) is 2.67. The topological polar surface area (TPSA) is 41.1 Å². The molecule has 1 aliphatic rings. The smallest absolute Gasteiger partial charge is 0.234 e. The van der Waals surface area contributed by atoms with Gasteiger partial charge >= 0.3 is 0 Å². The Morgan fingerprint density at radius 3 is 2.50 bits per heavy atom. The zero-order chi connectivity index (χ0) is 13.5. The number of carbonyl (C=O) groups is 1. The van der Waals surface area contributed by atoms with E-state index in [0.29, 0.717) is 12.0 Å². The van der Waals surface area contributed by atoms with Crippen molar-refractivity contribution in [1.82, 2.24) is 5.32 Å². The van der Waals surface area contributed by atoms with Crippen molar-refractivity contribution in [3.63, 3.8) is 0 Å². The molecule has 0 saturated heterocycles. The number of benzene rings is 1. The highest BCUT2D eigenvalue weighted by Crippen LogP contribution is 2.39. The minimum atomic E-state index is -0.430. The van der Waals surface area contributed by atoms with Crippen LogP contribution in [0.5, 0.6) is 0 Å². The summed E-state index contributed by atoms with van der Waals surface area (Å²) in [5, 5.41) is 6.28. The lowest BCUT2D eigenvalue weighted by molar-refractivity contribution is -0.119. The van der Waals surface area contributed by atoms with Crippen molar-refractivity contribution in [3.8, 4) is 0 Å².